The minimum Gasteiger partial charge on any atom is -0.350 e. The molecular formula is C21H25F3N2O3S. The first-order valence-corrected chi connectivity index (χ1v) is 11.3. The van der Waals surface area contributed by atoms with Gasteiger partial charge in [-0.05, 0) is 47.7 Å². The van der Waals surface area contributed by atoms with Gasteiger partial charge in [0.1, 0.15) is 6.54 Å². The third-order valence-electron chi connectivity index (χ3n) is 4.68. The van der Waals surface area contributed by atoms with Crippen LogP contribution in [0.15, 0.2) is 42.5 Å². The molecule has 0 saturated carbocycles. The van der Waals surface area contributed by atoms with Crippen molar-refractivity contribution in [2.45, 2.75) is 39.4 Å². The zero-order valence-electron chi connectivity index (χ0n) is 17.1. The van der Waals surface area contributed by atoms with Gasteiger partial charge >= 0.3 is 6.18 Å². The van der Waals surface area contributed by atoms with Crippen molar-refractivity contribution >= 4 is 21.6 Å². The number of halogens is 3. The molecule has 0 fully saturated rings. The minimum atomic E-state index is -4.62. The molecule has 0 aliphatic heterocycles. The first-order valence-electron chi connectivity index (χ1n) is 9.48. The fraction of sp³-hybridized carbons (Fsp3) is 0.381. The second-order valence-electron chi connectivity index (χ2n) is 6.90. The molecule has 5 nitrogen and oxygen atoms in total. The van der Waals surface area contributed by atoms with Crippen molar-refractivity contribution in [3.05, 3.63) is 64.7 Å². The number of benzene rings is 2. The number of aryl methyl sites for hydroxylation is 2. The largest absolute Gasteiger partial charge is 0.416 e. The summed E-state index contributed by atoms with van der Waals surface area (Å²) in [5.74, 6) is -0.609. The summed E-state index contributed by atoms with van der Waals surface area (Å²) < 4.78 is 63.9. The molecule has 2 aromatic rings. The number of nitrogens with one attached hydrogen (secondary N) is 1. The van der Waals surface area contributed by atoms with Crippen LogP contribution < -0.4 is 9.62 Å². The Bertz CT molecular complexity index is 1000. The highest BCUT2D eigenvalue weighted by molar-refractivity contribution is 7.92. The van der Waals surface area contributed by atoms with E-state index in [-0.39, 0.29) is 12.2 Å². The number of nitrogens with zero attached hydrogens (tertiary/aromatic N) is 1. The van der Waals surface area contributed by atoms with Gasteiger partial charge in [-0.2, -0.15) is 13.2 Å². The molecule has 0 spiro atoms. The summed E-state index contributed by atoms with van der Waals surface area (Å²) in [6.45, 7) is 3.60. The van der Waals surface area contributed by atoms with Gasteiger partial charge in [-0.1, -0.05) is 38.1 Å². The third kappa shape index (κ3) is 6.22. The molecule has 2 aromatic carbocycles. The Hall–Kier alpha value is -2.55. The number of amides is 1. The van der Waals surface area contributed by atoms with E-state index in [9.17, 15) is 26.4 Å². The summed E-state index contributed by atoms with van der Waals surface area (Å²) in [6, 6.07) is 9.89. The van der Waals surface area contributed by atoms with Crippen molar-refractivity contribution in [2.24, 2.45) is 0 Å². The number of carbonyl (C=O) groups is 1. The Morgan fingerprint density at radius 2 is 1.73 bits per heavy atom. The van der Waals surface area contributed by atoms with Gasteiger partial charge in [0, 0.05) is 6.54 Å². The van der Waals surface area contributed by atoms with Crippen molar-refractivity contribution < 1.29 is 26.4 Å². The molecule has 0 unspecified atom stereocenters. The van der Waals surface area contributed by atoms with Gasteiger partial charge in [0.15, 0.2) is 0 Å². The van der Waals surface area contributed by atoms with Crippen LogP contribution in [0.1, 0.15) is 36.1 Å². The maximum absolute atomic E-state index is 13.0. The number of anilines is 1. The van der Waals surface area contributed by atoms with Gasteiger partial charge in [-0.15, -0.1) is 0 Å². The van der Waals surface area contributed by atoms with Crippen molar-refractivity contribution in [3.8, 4) is 0 Å². The lowest BCUT2D eigenvalue weighted by atomic mass is 10.0. The van der Waals surface area contributed by atoms with Gasteiger partial charge in [0.05, 0.1) is 17.5 Å². The van der Waals surface area contributed by atoms with Crippen LogP contribution in [0.25, 0.3) is 0 Å². The molecule has 30 heavy (non-hydrogen) atoms. The maximum atomic E-state index is 13.0. The fourth-order valence-electron chi connectivity index (χ4n) is 3.03. The zero-order chi connectivity index (χ0) is 22.5. The van der Waals surface area contributed by atoms with Crippen molar-refractivity contribution in [1.82, 2.24) is 5.32 Å². The average Bonchev–Trinajstić information content (AvgIpc) is 2.68. The van der Waals surface area contributed by atoms with E-state index in [1.807, 2.05) is 32.0 Å². The highest BCUT2D eigenvalue weighted by Crippen LogP contribution is 2.32. The Labute approximate surface area is 175 Å². The molecule has 164 valence electrons. The zero-order valence-corrected chi connectivity index (χ0v) is 17.9. The van der Waals surface area contributed by atoms with E-state index in [1.165, 1.54) is 6.07 Å². The van der Waals surface area contributed by atoms with Crippen molar-refractivity contribution in [1.29, 1.82) is 0 Å². The monoisotopic (exact) mass is 442 g/mol. The number of alkyl halides is 3. The number of rotatable bonds is 8. The second-order valence-corrected chi connectivity index (χ2v) is 8.81. The highest BCUT2D eigenvalue weighted by atomic mass is 32.2. The van der Waals surface area contributed by atoms with E-state index in [0.717, 1.165) is 47.9 Å². The lowest BCUT2D eigenvalue weighted by Crippen LogP contribution is -2.40. The molecule has 0 bridgehead atoms. The van der Waals surface area contributed by atoms with Crippen LogP contribution in [-0.4, -0.2) is 27.1 Å². The Kier molecular flexibility index (Phi) is 7.52. The minimum absolute atomic E-state index is 0.204. The van der Waals surface area contributed by atoms with Gasteiger partial charge in [0.25, 0.3) is 0 Å². The molecular weight excluding hydrogens is 417 g/mol. The number of sulfonamides is 1. The molecule has 9 heteroatoms. The molecule has 1 amide bonds. The van der Waals surface area contributed by atoms with Crippen LogP contribution >= 0.6 is 0 Å². The highest BCUT2D eigenvalue weighted by Gasteiger charge is 2.32. The van der Waals surface area contributed by atoms with Gasteiger partial charge in [0.2, 0.25) is 15.9 Å². The quantitative estimate of drug-likeness (QED) is 0.674. The summed E-state index contributed by atoms with van der Waals surface area (Å²) in [5, 5.41) is 2.67. The van der Waals surface area contributed by atoms with Crippen LogP contribution in [0.2, 0.25) is 0 Å². The van der Waals surface area contributed by atoms with Crippen molar-refractivity contribution in [3.63, 3.8) is 0 Å². The van der Waals surface area contributed by atoms with E-state index in [4.69, 9.17) is 0 Å². The van der Waals surface area contributed by atoms with Gasteiger partial charge < -0.3 is 5.32 Å². The van der Waals surface area contributed by atoms with E-state index < -0.39 is 34.2 Å². The molecule has 0 aromatic heterocycles. The summed E-state index contributed by atoms with van der Waals surface area (Å²) in [5.41, 5.74) is 1.89. The van der Waals surface area contributed by atoms with Gasteiger partial charge in [-0.25, -0.2) is 8.42 Å². The van der Waals surface area contributed by atoms with Crippen LogP contribution in [0, 0.1) is 0 Å². The standard InChI is InChI=1S/C21H25F3N2O3S/c1-4-15-9-10-16(5-2)17(11-15)13-25-20(27)14-26(30(3,28)29)19-8-6-7-18(12-19)21(22,23)24/h6-12H,4-5,13-14H2,1-3H3,(H,25,27). The Balaban J connectivity index is 2.20. The molecule has 2 rings (SSSR count). The summed E-state index contributed by atoms with van der Waals surface area (Å²) in [7, 11) is -3.98. The number of carbonyl (C=O) groups excluding carboxylic acids is 1. The van der Waals surface area contributed by atoms with E-state index >= 15 is 0 Å². The predicted molar refractivity (Wildman–Crippen MR) is 111 cm³/mol. The SMILES string of the molecule is CCc1ccc(CC)c(CNC(=O)CN(c2cccc(C(F)(F)F)c2)S(C)(=O)=O)c1. The molecule has 0 saturated heterocycles. The summed E-state index contributed by atoms with van der Waals surface area (Å²) in [4.78, 5) is 12.4. The predicted octanol–water partition coefficient (Wildman–Crippen LogP) is 3.91. The Morgan fingerprint density at radius 1 is 1.03 bits per heavy atom. The summed E-state index contributed by atoms with van der Waals surface area (Å²) >= 11 is 0. The second kappa shape index (κ2) is 9.51. The van der Waals surface area contributed by atoms with Gasteiger partial charge in [-0.3, -0.25) is 9.10 Å². The van der Waals surface area contributed by atoms with Crippen LogP contribution in [0.4, 0.5) is 18.9 Å². The normalized spacial score (nSPS) is 11.9. The molecule has 0 heterocycles. The first-order chi connectivity index (χ1) is 14.0. The topological polar surface area (TPSA) is 66.5 Å². The van der Waals surface area contributed by atoms with E-state index in [1.54, 1.807) is 0 Å². The van der Waals surface area contributed by atoms with Crippen LogP contribution in [-0.2, 0) is 40.4 Å². The van der Waals surface area contributed by atoms with Crippen molar-refractivity contribution in [2.75, 3.05) is 17.1 Å². The lowest BCUT2D eigenvalue weighted by molar-refractivity contribution is -0.137. The maximum Gasteiger partial charge on any atom is 0.416 e. The van der Waals surface area contributed by atoms with Crippen LogP contribution in [0.3, 0.4) is 0 Å². The number of hydrogen-bond donors (Lipinski definition) is 1. The lowest BCUT2D eigenvalue weighted by Gasteiger charge is -2.23. The number of hydrogen-bond acceptors (Lipinski definition) is 3. The summed E-state index contributed by atoms with van der Waals surface area (Å²) in [6.07, 6.45) is -2.17. The molecule has 0 radical (unpaired) electrons. The smallest absolute Gasteiger partial charge is 0.350 e. The average molecular weight is 443 g/mol. The first kappa shape index (κ1) is 23.7. The molecule has 1 N–H and O–H groups in total. The molecule has 0 atom stereocenters. The molecule has 0 aliphatic rings. The molecule has 0 aliphatic carbocycles. The van der Waals surface area contributed by atoms with E-state index in [2.05, 4.69) is 5.32 Å². The fourth-order valence-corrected chi connectivity index (χ4v) is 3.87. The third-order valence-corrected chi connectivity index (χ3v) is 5.83. The van der Waals surface area contributed by atoms with E-state index in [0.29, 0.717) is 10.4 Å². The van der Waals surface area contributed by atoms with Crippen LogP contribution in [0.5, 0.6) is 0 Å². The Morgan fingerprint density at radius 3 is 2.30 bits per heavy atom.